The lowest BCUT2D eigenvalue weighted by atomic mass is 10.1. The van der Waals surface area contributed by atoms with E-state index >= 15 is 0 Å². The molecule has 1 aliphatic rings. The van der Waals surface area contributed by atoms with Gasteiger partial charge in [-0.3, -0.25) is 4.79 Å². The van der Waals surface area contributed by atoms with E-state index < -0.39 is 0 Å². The van der Waals surface area contributed by atoms with Crippen molar-refractivity contribution < 1.29 is 9.53 Å². The Morgan fingerprint density at radius 2 is 2.10 bits per heavy atom. The molecule has 6 heteroatoms. The molecular formula is C15H16Cl2N2O2. The average Bonchev–Trinajstić information content (AvgIpc) is 2.83. The van der Waals surface area contributed by atoms with Gasteiger partial charge in [0.2, 0.25) is 5.91 Å². The normalized spacial score (nSPS) is 16.3. The first-order chi connectivity index (χ1) is 10.1. The highest BCUT2D eigenvalue weighted by Crippen LogP contribution is 2.28. The number of ether oxygens (including phenoxy) is 1. The molecule has 0 aliphatic carbocycles. The van der Waals surface area contributed by atoms with Crippen molar-refractivity contribution in [2.45, 2.75) is 25.4 Å². The lowest BCUT2D eigenvalue weighted by Gasteiger charge is -2.23. The zero-order valence-corrected chi connectivity index (χ0v) is 13.0. The molecule has 1 aliphatic heterocycles. The summed E-state index contributed by atoms with van der Waals surface area (Å²) in [6, 6.07) is 5.64. The first-order valence-electron chi connectivity index (χ1n) is 6.94. The van der Waals surface area contributed by atoms with Crippen molar-refractivity contribution in [1.29, 1.82) is 0 Å². The first-order valence-corrected chi connectivity index (χ1v) is 7.70. The number of carbonyl (C=O) groups is 1. The van der Waals surface area contributed by atoms with Crippen LogP contribution in [0.2, 0.25) is 10.0 Å². The molecule has 3 rings (SSSR count). The van der Waals surface area contributed by atoms with Crippen molar-refractivity contribution in [3.63, 3.8) is 0 Å². The van der Waals surface area contributed by atoms with Crippen LogP contribution in [0.5, 0.6) is 0 Å². The van der Waals surface area contributed by atoms with Gasteiger partial charge in [-0.25, -0.2) is 0 Å². The molecule has 0 unspecified atom stereocenters. The number of nitrogens with zero attached hydrogens (tertiary/aromatic N) is 1. The van der Waals surface area contributed by atoms with Crippen LogP contribution in [0.3, 0.4) is 0 Å². The third kappa shape index (κ3) is 3.34. The number of nitrogens with one attached hydrogen (secondary N) is 1. The molecule has 0 atom stereocenters. The Labute approximate surface area is 133 Å². The number of rotatable bonds is 3. The Morgan fingerprint density at radius 3 is 2.86 bits per heavy atom. The van der Waals surface area contributed by atoms with E-state index in [1.807, 2.05) is 22.9 Å². The number of benzene rings is 1. The summed E-state index contributed by atoms with van der Waals surface area (Å²) in [6.07, 6.45) is 3.60. The Morgan fingerprint density at radius 1 is 1.33 bits per heavy atom. The van der Waals surface area contributed by atoms with Crippen LogP contribution in [0.15, 0.2) is 24.4 Å². The Kier molecular flexibility index (Phi) is 4.38. The van der Waals surface area contributed by atoms with Crippen molar-refractivity contribution in [3.05, 3.63) is 34.4 Å². The summed E-state index contributed by atoms with van der Waals surface area (Å²) >= 11 is 12.2. The van der Waals surface area contributed by atoms with Gasteiger partial charge in [-0.1, -0.05) is 23.2 Å². The molecule has 0 saturated carbocycles. The van der Waals surface area contributed by atoms with E-state index in [0.717, 1.165) is 23.7 Å². The summed E-state index contributed by atoms with van der Waals surface area (Å²) in [5, 5.41) is 5.11. The zero-order valence-electron chi connectivity index (χ0n) is 11.4. The fraction of sp³-hybridized carbons (Fsp3) is 0.400. The zero-order chi connectivity index (χ0) is 14.8. The second-order valence-corrected chi connectivity index (χ2v) is 6.06. The summed E-state index contributed by atoms with van der Waals surface area (Å²) in [5.74, 6) is -0.00417. The number of halogens is 2. The average molecular weight is 327 g/mol. The smallest absolute Gasteiger partial charge is 0.240 e. The van der Waals surface area contributed by atoms with Crippen LogP contribution in [0.4, 0.5) is 0 Å². The van der Waals surface area contributed by atoms with E-state index in [2.05, 4.69) is 5.32 Å². The van der Waals surface area contributed by atoms with Crippen LogP contribution in [-0.4, -0.2) is 29.7 Å². The fourth-order valence-electron chi connectivity index (χ4n) is 2.63. The van der Waals surface area contributed by atoms with Crippen molar-refractivity contribution in [2.24, 2.45) is 0 Å². The molecule has 2 aromatic rings. The minimum absolute atomic E-state index is 0.00417. The molecule has 21 heavy (non-hydrogen) atoms. The van der Waals surface area contributed by atoms with Crippen molar-refractivity contribution in [3.8, 4) is 0 Å². The molecule has 1 aromatic heterocycles. The van der Waals surface area contributed by atoms with Crippen LogP contribution < -0.4 is 5.32 Å². The van der Waals surface area contributed by atoms with Crippen LogP contribution in [0.25, 0.3) is 10.9 Å². The standard InChI is InChI=1S/C15H16Cl2N2O2/c16-10-7-13(17)12-1-4-19(14(12)8-10)9-15(20)18-11-2-5-21-6-3-11/h1,4,7-8,11H,2-3,5-6,9H2,(H,18,20). The van der Waals surface area contributed by atoms with Crippen LogP contribution in [0.1, 0.15) is 12.8 Å². The van der Waals surface area contributed by atoms with Gasteiger partial charge in [0.15, 0.2) is 0 Å². The van der Waals surface area contributed by atoms with Crippen molar-refractivity contribution >= 4 is 40.0 Å². The van der Waals surface area contributed by atoms with Gasteiger partial charge < -0.3 is 14.6 Å². The van der Waals surface area contributed by atoms with Gasteiger partial charge in [-0.2, -0.15) is 0 Å². The first kappa shape index (κ1) is 14.7. The lowest BCUT2D eigenvalue weighted by molar-refractivity contribution is -0.122. The molecule has 1 N–H and O–H groups in total. The summed E-state index contributed by atoms with van der Waals surface area (Å²) in [6.45, 7) is 1.68. The number of amides is 1. The van der Waals surface area contributed by atoms with Crippen molar-refractivity contribution in [1.82, 2.24) is 9.88 Å². The SMILES string of the molecule is O=C(Cn1ccc2c(Cl)cc(Cl)cc21)NC1CCOCC1. The molecule has 0 spiro atoms. The Hall–Kier alpha value is -1.23. The summed E-state index contributed by atoms with van der Waals surface area (Å²) in [4.78, 5) is 12.2. The van der Waals surface area contributed by atoms with E-state index in [0.29, 0.717) is 23.3 Å². The molecule has 112 valence electrons. The minimum atomic E-state index is -0.00417. The highest BCUT2D eigenvalue weighted by atomic mass is 35.5. The van der Waals surface area contributed by atoms with Gasteiger partial charge in [-0.05, 0) is 31.0 Å². The number of hydrogen-bond donors (Lipinski definition) is 1. The molecule has 2 heterocycles. The highest BCUT2D eigenvalue weighted by Gasteiger charge is 2.16. The van der Waals surface area contributed by atoms with E-state index in [-0.39, 0.29) is 18.5 Å². The largest absolute Gasteiger partial charge is 0.381 e. The molecular weight excluding hydrogens is 311 g/mol. The quantitative estimate of drug-likeness (QED) is 0.940. The highest BCUT2D eigenvalue weighted by molar-refractivity contribution is 6.38. The van der Waals surface area contributed by atoms with Gasteiger partial charge in [0.1, 0.15) is 6.54 Å². The fourth-order valence-corrected chi connectivity index (χ4v) is 3.17. The van der Waals surface area contributed by atoms with E-state index in [1.165, 1.54) is 0 Å². The third-order valence-corrected chi connectivity index (χ3v) is 4.23. The van der Waals surface area contributed by atoms with Gasteiger partial charge in [0, 0.05) is 35.9 Å². The maximum atomic E-state index is 12.2. The number of fused-ring (bicyclic) bond motifs is 1. The topological polar surface area (TPSA) is 43.3 Å². The van der Waals surface area contributed by atoms with Crippen molar-refractivity contribution in [2.75, 3.05) is 13.2 Å². The predicted octanol–water partition coefficient (Wildman–Crippen LogP) is 3.24. The molecule has 1 fully saturated rings. The van der Waals surface area contributed by atoms with E-state index in [1.54, 1.807) is 6.07 Å². The van der Waals surface area contributed by atoms with Gasteiger partial charge in [-0.15, -0.1) is 0 Å². The minimum Gasteiger partial charge on any atom is -0.381 e. The molecule has 4 nitrogen and oxygen atoms in total. The van der Waals surface area contributed by atoms with Crippen LogP contribution in [0, 0.1) is 0 Å². The maximum absolute atomic E-state index is 12.2. The second kappa shape index (κ2) is 6.26. The maximum Gasteiger partial charge on any atom is 0.240 e. The monoisotopic (exact) mass is 326 g/mol. The Balaban J connectivity index is 1.73. The molecule has 0 bridgehead atoms. The predicted molar refractivity (Wildman–Crippen MR) is 83.9 cm³/mol. The Bertz CT molecular complexity index is 663. The summed E-state index contributed by atoms with van der Waals surface area (Å²) in [7, 11) is 0. The summed E-state index contributed by atoms with van der Waals surface area (Å²) in [5.41, 5.74) is 0.870. The van der Waals surface area contributed by atoms with Gasteiger partial charge in [0.25, 0.3) is 0 Å². The number of carbonyl (C=O) groups excluding carboxylic acids is 1. The third-order valence-electron chi connectivity index (χ3n) is 3.70. The van der Waals surface area contributed by atoms with E-state index in [4.69, 9.17) is 27.9 Å². The lowest BCUT2D eigenvalue weighted by Crippen LogP contribution is -2.40. The van der Waals surface area contributed by atoms with Crippen LogP contribution >= 0.6 is 23.2 Å². The second-order valence-electron chi connectivity index (χ2n) is 5.22. The van der Waals surface area contributed by atoms with Gasteiger partial charge >= 0.3 is 0 Å². The molecule has 1 amide bonds. The summed E-state index contributed by atoms with van der Waals surface area (Å²) < 4.78 is 7.15. The van der Waals surface area contributed by atoms with E-state index in [9.17, 15) is 4.79 Å². The number of aromatic nitrogens is 1. The molecule has 1 aromatic carbocycles. The number of hydrogen-bond acceptors (Lipinski definition) is 2. The molecule has 1 saturated heterocycles. The van der Waals surface area contributed by atoms with Crippen LogP contribution in [-0.2, 0) is 16.1 Å². The molecule has 0 radical (unpaired) electrons. The van der Waals surface area contributed by atoms with Gasteiger partial charge in [0.05, 0.1) is 10.5 Å².